The van der Waals surface area contributed by atoms with E-state index < -0.39 is 0 Å². The number of rotatable bonds is 6. The number of nitrogens with one attached hydrogen (secondary N) is 1. The zero-order valence-electron chi connectivity index (χ0n) is 12.4. The van der Waals surface area contributed by atoms with Gasteiger partial charge in [-0.15, -0.1) is 0 Å². The Labute approximate surface area is 121 Å². The first-order valence-corrected chi connectivity index (χ1v) is 7.32. The molecule has 1 amide bonds. The Morgan fingerprint density at radius 2 is 2.15 bits per heavy atom. The summed E-state index contributed by atoms with van der Waals surface area (Å²) < 4.78 is 5.64. The number of benzene rings is 1. The lowest BCUT2D eigenvalue weighted by atomic mass is 10.1. The highest BCUT2D eigenvalue weighted by molar-refractivity contribution is 5.76. The molecule has 0 spiro atoms. The summed E-state index contributed by atoms with van der Waals surface area (Å²) in [5.74, 6) is 1.05. The Bertz CT molecular complexity index is 425. The average molecular weight is 276 g/mol. The summed E-state index contributed by atoms with van der Waals surface area (Å²) in [6, 6.07) is 8.33. The van der Waals surface area contributed by atoms with Gasteiger partial charge in [0, 0.05) is 19.5 Å². The second kappa shape index (κ2) is 7.29. The van der Waals surface area contributed by atoms with Gasteiger partial charge < -0.3 is 15.0 Å². The summed E-state index contributed by atoms with van der Waals surface area (Å²) in [4.78, 5) is 13.8. The monoisotopic (exact) mass is 276 g/mol. The fourth-order valence-electron chi connectivity index (χ4n) is 2.36. The molecule has 1 aromatic carbocycles. The van der Waals surface area contributed by atoms with Crippen LogP contribution in [0.25, 0.3) is 0 Å². The molecule has 1 aliphatic rings. The zero-order chi connectivity index (χ0) is 14.4. The van der Waals surface area contributed by atoms with E-state index in [4.69, 9.17) is 4.74 Å². The van der Waals surface area contributed by atoms with Gasteiger partial charge in [-0.05, 0) is 38.4 Å². The number of nitrogens with zero attached hydrogens (tertiary/aromatic N) is 1. The molecule has 4 nitrogen and oxygen atoms in total. The largest absolute Gasteiger partial charge is 0.492 e. The predicted molar refractivity (Wildman–Crippen MR) is 80.0 cm³/mol. The summed E-state index contributed by atoms with van der Waals surface area (Å²) in [6.45, 7) is 4.24. The SMILES string of the molecule is Cc1ccc(OCCN(C)C(=O)CC2CCCN2)cc1. The molecule has 0 radical (unpaired) electrons. The van der Waals surface area contributed by atoms with E-state index in [1.807, 2.05) is 38.2 Å². The molecule has 1 aliphatic heterocycles. The van der Waals surface area contributed by atoms with E-state index in [-0.39, 0.29) is 5.91 Å². The number of hydrogen-bond donors (Lipinski definition) is 1. The van der Waals surface area contributed by atoms with Gasteiger partial charge in [0.15, 0.2) is 0 Å². The second-order valence-corrected chi connectivity index (χ2v) is 5.47. The summed E-state index contributed by atoms with van der Waals surface area (Å²) in [6.07, 6.45) is 2.89. The van der Waals surface area contributed by atoms with Crippen LogP contribution >= 0.6 is 0 Å². The van der Waals surface area contributed by atoms with Crippen molar-refractivity contribution < 1.29 is 9.53 Å². The first-order chi connectivity index (χ1) is 9.65. The van der Waals surface area contributed by atoms with Gasteiger partial charge in [0.2, 0.25) is 5.91 Å². The van der Waals surface area contributed by atoms with Crippen molar-refractivity contribution in [3.05, 3.63) is 29.8 Å². The van der Waals surface area contributed by atoms with Gasteiger partial charge in [-0.25, -0.2) is 0 Å². The van der Waals surface area contributed by atoms with Crippen LogP contribution in [0.5, 0.6) is 5.75 Å². The number of amides is 1. The summed E-state index contributed by atoms with van der Waals surface area (Å²) >= 11 is 0. The standard InChI is InChI=1S/C16H24N2O2/c1-13-5-7-15(8-6-13)20-11-10-18(2)16(19)12-14-4-3-9-17-14/h5-8,14,17H,3-4,9-12H2,1-2H3. The average Bonchev–Trinajstić information content (AvgIpc) is 2.93. The number of likely N-dealkylation sites (N-methyl/N-ethyl adjacent to an activating group) is 1. The first kappa shape index (κ1) is 14.9. The van der Waals surface area contributed by atoms with E-state index in [1.165, 1.54) is 12.0 Å². The third-order valence-corrected chi connectivity index (χ3v) is 3.73. The molecule has 1 saturated heterocycles. The maximum Gasteiger partial charge on any atom is 0.223 e. The van der Waals surface area contributed by atoms with Gasteiger partial charge in [-0.3, -0.25) is 4.79 Å². The number of carbonyl (C=O) groups is 1. The van der Waals surface area contributed by atoms with Gasteiger partial charge in [0.25, 0.3) is 0 Å². The Hall–Kier alpha value is -1.55. The first-order valence-electron chi connectivity index (χ1n) is 7.32. The molecule has 0 saturated carbocycles. The van der Waals surface area contributed by atoms with Crippen LogP contribution in [-0.4, -0.2) is 43.6 Å². The topological polar surface area (TPSA) is 41.6 Å². The lowest BCUT2D eigenvalue weighted by Crippen LogP contribution is -2.35. The maximum absolute atomic E-state index is 12.0. The third-order valence-electron chi connectivity index (χ3n) is 3.73. The van der Waals surface area contributed by atoms with E-state index in [2.05, 4.69) is 5.32 Å². The van der Waals surface area contributed by atoms with Crippen molar-refractivity contribution in [3.63, 3.8) is 0 Å². The Morgan fingerprint density at radius 1 is 1.40 bits per heavy atom. The molecule has 0 bridgehead atoms. The van der Waals surface area contributed by atoms with Crippen LogP contribution in [0.15, 0.2) is 24.3 Å². The minimum Gasteiger partial charge on any atom is -0.492 e. The highest BCUT2D eigenvalue weighted by Crippen LogP contribution is 2.12. The minimum atomic E-state index is 0.192. The van der Waals surface area contributed by atoms with Gasteiger partial charge in [-0.1, -0.05) is 17.7 Å². The minimum absolute atomic E-state index is 0.192. The van der Waals surface area contributed by atoms with Crippen LogP contribution in [0.3, 0.4) is 0 Å². The van der Waals surface area contributed by atoms with Crippen LogP contribution in [0.1, 0.15) is 24.8 Å². The van der Waals surface area contributed by atoms with E-state index in [1.54, 1.807) is 4.90 Å². The molecule has 110 valence electrons. The fourth-order valence-corrected chi connectivity index (χ4v) is 2.36. The van der Waals surface area contributed by atoms with Gasteiger partial charge in [0.1, 0.15) is 12.4 Å². The molecule has 1 heterocycles. The van der Waals surface area contributed by atoms with Gasteiger partial charge >= 0.3 is 0 Å². The lowest BCUT2D eigenvalue weighted by molar-refractivity contribution is -0.130. The Kier molecular flexibility index (Phi) is 5.41. The molecule has 1 aromatic rings. The molecule has 1 fully saturated rings. The molecule has 0 aliphatic carbocycles. The van der Waals surface area contributed by atoms with Crippen molar-refractivity contribution in [1.29, 1.82) is 0 Å². The summed E-state index contributed by atoms with van der Waals surface area (Å²) in [5, 5.41) is 3.35. The second-order valence-electron chi connectivity index (χ2n) is 5.47. The lowest BCUT2D eigenvalue weighted by Gasteiger charge is -2.19. The van der Waals surface area contributed by atoms with Gasteiger partial charge in [0.05, 0.1) is 6.54 Å². The van der Waals surface area contributed by atoms with E-state index in [9.17, 15) is 4.79 Å². The normalized spacial score (nSPS) is 18.0. The van der Waals surface area contributed by atoms with Crippen LogP contribution in [-0.2, 0) is 4.79 Å². The Morgan fingerprint density at radius 3 is 2.80 bits per heavy atom. The van der Waals surface area contributed by atoms with Crippen LogP contribution in [0.4, 0.5) is 0 Å². The van der Waals surface area contributed by atoms with Gasteiger partial charge in [-0.2, -0.15) is 0 Å². The van der Waals surface area contributed by atoms with Crippen LogP contribution in [0, 0.1) is 6.92 Å². The summed E-state index contributed by atoms with van der Waals surface area (Å²) in [5.41, 5.74) is 1.22. The molecule has 1 unspecified atom stereocenters. The zero-order valence-corrected chi connectivity index (χ0v) is 12.4. The number of aryl methyl sites for hydroxylation is 1. The van der Waals surface area contributed by atoms with Crippen LogP contribution < -0.4 is 10.1 Å². The quantitative estimate of drug-likeness (QED) is 0.864. The number of carbonyl (C=O) groups excluding carboxylic acids is 1. The summed E-state index contributed by atoms with van der Waals surface area (Å²) in [7, 11) is 1.84. The van der Waals surface area contributed by atoms with Crippen LogP contribution in [0.2, 0.25) is 0 Å². The third kappa shape index (κ3) is 4.53. The molecular weight excluding hydrogens is 252 g/mol. The van der Waals surface area contributed by atoms with Crippen molar-refractivity contribution in [2.75, 3.05) is 26.7 Å². The van der Waals surface area contributed by atoms with Crippen molar-refractivity contribution in [3.8, 4) is 5.75 Å². The van der Waals surface area contributed by atoms with Crippen molar-refractivity contribution in [2.24, 2.45) is 0 Å². The van der Waals surface area contributed by atoms with E-state index in [0.29, 0.717) is 25.6 Å². The molecule has 4 heteroatoms. The van der Waals surface area contributed by atoms with Crippen molar-refractivity contribution in [2.45, 2.75) is 32.2 Å². The predicted octanol–water partition coefficient (Wildman–Crippen LogP) is 1.97. The maximum atomic E-state index is 12.0. The van der Waals surface area contributed by atoms with Crippen molar-refractivity contribution in [1.82, 2.24) is 10.2 Å². The molecule has 1 N–H and O–H groups in total. The van der Waals surface area contributed by atoms with E-state index in [0.717, 1.165) is 18.7 Å². The number of hydrogen-bond acceptors (Lipinski definition) is 3. The highest BCUT2D eigenvalue weighted by atomic mass is 16.5. The van der Waals surface area contributed by atoms with E-state index >= 15 is 0 Å². The molecular formula is C16H24N2O2. The number of ether oxygens (including phenoxy) is 1. The van der Waals surface area contributed by atoms with Crippen molar-refractivity contribution >= 4 is 5.91 Å². The Balaban J connectivity index is 1.67. The smallest absolute Gasteiger partial charge is 0.223 e. The molecule has 0 aromatic heterocycles. The highest BCUT2D eigenvalue weighted by Gasteiger charge is 2.19. The molecule has 2 rings (SSSR count). The fraction of sp³-hybridized carbons (Fsp3) is 0.562. The molecule has 20 heavy (non-hydrogen) atoms. The molecule has 1 atom stereocenters.